The highest BCUT2D eigenvalue weighted by Gasteiger charge is 2.42. The quantitative estimate of drug-likeness (QED) is 0.819. The molecule has 1 aromatic heterocycles. The number of fused-ring (bicyclic) bond motifs is 2. The van der Waals surface area contributed by atoms with Crippen molar-refractivity contribution in [3.05, 3.63) is 11.7 Å². The van der Waals surface area contributed by atoms with Crippen molar-refractivity contribution in [3.63, 3.8) is 0 Å². The third-order valence-electron chi connectivity index (χ3n) is 3.87. The van der Waals surface area contributed by atoms with Crippen LogP contribution in [-0.4, -0.2) is 17.2 Å². The maximum absolute atomic E-state index is 5.35. The molecule has 1 aromatic rings. The third-order valence-corrected chi connectivity index (χ3v) is 3.87. The van der Waals surface area contributed by atoms with Gasteiger partial charge in [0.2, 0.25) is 5.89 Å². The molecule has 4 nitrogen and oxygen atoms in total. The molecule has 2 aliphatic carbocycles. The van der Waals surface area contributed by atoms with E-state index < -0.39 is 0 Å². The Kier molecular flexibility index (Phi) is 2.24. The highest BCUT2D eigenvalue weighted by atomic mass is 16.5. The minimum absolute atomic E-state index is 0.557. The molecule has 0 radical (unpaired) electrons. The Labute approximate surface area is 89.4 Å². The van der Waals surface area contributed by atoms with E-state index >= 15 is 0 Å². The van der Waals surface area contributed by atoms with E-state index in [2.05, 4.69) is 15.5 Å². The first kappa shape index (κ1) is 9.33. The van der Waals surface area contributed by atoms with Crippen LogP contribution in [0.1, 0.15) is 43.3 Å². The van der Waals surface area contributed by atoms with Gasteiger partial charge in [0, 0.05) is 5.92 Å². The Hall–Kier alpha value is -0.900. The van der Waals surface area contributed by atoms with Crippen molar-refractivity contribution in [2.24, 2.45) is 11.8 Å². The van der Waals surface area contributed by atoms with Gasteiger partial charge in [-0.05, 0) is 38.1 Å². The number of rotatable bonds is 3. The van der Waals surface area contributed by atoms with Crippen LogP contribution in [-0.2, 0) is 6.54 Å². The lowest BCUT2D eigenvalue weighted by molar-refractivity contribution is 0.300. The Morgan fingerprint density at radius 1 is 1.40 bits per heavy atom. The molecule has 0 spiro atoms. The van der Waals surface area contributed by atoms with Crippen LogP contribution in [0, 0.1) is 11.8 Å². The van der Waals surface area contributed by atoms with Gasteiger partial charge in [-0.15, -0.1) is 0 Å². The second-order valence-electron chi connectivity index (χ2n) is 4.86. The zero-order chi connectivity index (χ0) is 10.3. The highest BCUT2D eigenvalue weighted by molar-refractivity contribution is 5.05. The van der Waals surface area contributed by atoms with Crippen molar-refractivity contribution < 1.29 is 4.52 Å². The van der Waals surface area contributed by atoms with Gasteiger partial charge in [0.15, 0.2) is 5.82 Å². The molecule has 3 rings (SSSR count). The van der Waals surface area contributed by atoms with Crippen LogP contribution in [0.4, 0.5) is 0 Å². The molecule has 0 aliphatic heterocycles. The fourth-order valence-electron chi connectivity index (χ4n) is 3.20. The van der Waals surface area contributed by atoms with Gasteiger partial charge >= 0.3 is 0 Å². The van der Waals surface area contributed by atoms with Crippen LogP contribution < -0.4 is 5.32 Å². The lowest BCUT2D eigenvalue weighted by Gasteiger charge is -2.16. The minimum atomic E-state index is 0.557. The van der Waals surface area contributed by atoms with Crippen molar-refractivity contribution in [2.75, 3.05) is 7.05 Å². The van der Waals surface area contributed by atoms with E-state index in [1.807, 2.05) is 7.05 Å². The monoisotopic (exact) mass is 207 g/mol. The summed E-state index contributed by atoms with van der Waals surface area (Å²) < 4.78 is 5.35. The topological polar surface area (TPSA) is 51.0 Å². The third kappa shape index (κ3) is 1.57. The van der Waals surface area contributed by atoms with Gasteiger partial charge < -0.3 is 9.84 Å². The first-order chi connectivity index (χ1) is 7.36. The van der Waals surface area contributed by atoms with Crippen LogP contribution in [0.15, 0.2) is 4.52 Å². The average Bonchev–Trinajstić information content (AvgIpc) is 2.91. The van der Waals surface area contributed by atoms with E-state index in [0.29, 0.717) is 12.5 Å². The summed E-state index contributed by atoms with van der Waals surface area (Å²) in [5.74, 6) is 3.97. The van der Waals surface area contributed by atoms with Crippen molar-refractivity contribution in [1.29, 1.82) is 0 Å². The Bertz CT molecular complexity index is 349. The smallest absolute Gasteiger partial charge is 0.230 e. The predicted octanol–water partition coefficient (Wildman–Crippen LogP) is 1.69. The maximum atomic E-state index is 5.35. The summed E-state index contributed by atoms with van der Waals surface area (Å²) in [6, 6.07) is 0. The molecule has 2 fully saturated rings. The molecule has 15 heavy (non-hydrogen) atoms. The van der Waals surface area contributed by atoms with Crippen LogP contribution in [0.5, 0.6) is 0 Å². The average molecular weight is 207 g/mol. The molecule has 2 aliphatic rings. The molecule has 3 atom stereocenters. The summed E-state index contributed by atoms with van der Waals surface area (Å²) >= 11 is 0. The number of nitrogens with one attached hydrogen (secondary N) is 1. The van der Waals surface area contributed by atoms with Crippen molar-refractivity contribution in [2.45, 2.75) is 38.1 Å². The summed E-state index contributed by atoms with van der Waals surface area (Å²) in [6.07, 6.45) is 5.43. The van der Waals surface area contributed by atoms with Crippen molar-refractivity contribution in [3.8, 4) is 0 Å². The normalized spacial score (nSPS) is 33.8. The Morgan fingerprint density at radius 3 is 3.00 bits per heavy atom. The standard InChI is InChI=1S/C11H17N3O/c1-12-6-10-13-11(15-14-10)9-5-7-2-3-8(9)4-7/h7-9,12H,2-6H2,1H3. The molecule has 1 N–H and O–H groups in total. The fourth-order valence-corrected chi connectivity index (χ4v) is 3.20. The summed E-state index contributed by atoms with van der Waals surface area (Å²) in [6.45, 7) is 0.699. The summed E-state index contributed by atoms with van der Waals surface area (Å²) in [5, 5.41) is 7.02. The molecule has 2 saturated carbocycles. The Balaban J connectivity index is 1.75. The van der Waals surface area contributed by atoms with E-state index in [0.717, 1.165) is 23.6 Å². The second kappa shape index (κ2) is 3.59. The largest absolute Gasteiger partial charge is 0.339 e. The lowest BCUT2D eigenvalue weighted by atomic mass is 9.89. The first-order valence-electron chi connectivity index (χ1n) is 5.84. The van der Waals surface area contributed by atoms with Crippen LogP contribution in [0.25, 0.3) is 0 Å². The molecule has 4 heteroatoms. The zero-order valence-corrected chi connectivity index (χ0v) is 9.07. The molecule has 1 heterocycles. The van der Waals surface area contributed by atoms with Crippen LogP contribution in [0.3, 0.4) is 0 Å². The van der Waals surface area contributed by atoms with E-state index in [-0.39, 0.29) is 0 Å². The highest BCUT2D eigenvalue weighted by Crippen LogP contribution is 2.52. The van der Waals surface area contributed by atoms with Gasteiger partial charge in [-0.2, -0.15) is 4.98 Å². The second-order valence-corrected chi connectivity index (χ2v) is 4.86. The molecule has 2 bridgehead atoms. The zero-order valence-electron chi connectivity index (χ0n) is 9.07. The molecule has 0 aromatic carbocycles. The number of hydrogen-bond donors (Lipinski definition) is 1. The Morgan fingerprint density at radius 2 is 2.33 bits per heavy atom. The van der Waals surface area contributed by atoms with Gasteiger partial charge in [0.25, 0.3) is 0 Å². The van der Waals surface area contributed by atoms with Gasteiger partial charge in [0.1, 0.15) is 0 Å². The first-order valence-corrected chi connectivity index (χ1v) is 5.84. The molecule has 0 saturated heterocycles. The van der Waals surface area contributed by atoms with Crippen molar-refractivity contribution >= 4 is 0 Å². The fraction of sp³-hybridized carbons (Fsp3) is 0.818. The van der Waals surface area contributed by atoms with Gasteiger partial charge in [-0.25, -0.2) is 0 Å². The van der Waals surface area contributed by atoms with Crippen LogP contribution in [0.2, 0.25) is 0 Å². The molecule has 0 amide bonds. The van der Waals surface area contributed by atoms with E-state index in [9.17, 15) is 0 Å². The summed E-state index contributed by atoms with van der Waals surface area (Å²) in [7, 11) is 1.90. The summed E-state index contributed by atoms with van der Waals surface area (Å²) in [5.41, 5.74) is 0. The van der Waals surface area contributed by atoms with Gasteiger partial charge in [0.05, 0.1) is 6.54 Å². The van der Waals surface area contributed by atoms with E-state index in [1.165, 1.54) is 25.7 Å². The maximum Gasteiger partial charge on any atom is 0.230 e. The number of aromatic nitrogens is 2. The number of hydrogen-bond acceptors (Lipinski definition) is 4. The van der Waals surface area contributed by atoms with Crippen molar-refractivity contribution in [1.82, 2.24) is 15.5 Å². The van der Waals surface area contributed by atoms with Gasteiger partial charge in [-0.3, -0.25) is 0 Å². The molecular weight excluding hydrogens is 190 g/mol. The van der Waals surface area contributed by atoms with Gasteiger partial charge in [-0.1, -0.05) is 11.6 Å². The summed E-state index contributed by atoms with van der Waals surface area (Å²) in [4.78, 5) is 4.46. The predicted molar refractivity (Wildman–Crippen MR) is 55.3 cm³/mol. The molecular formula is C11H17N3O. The molecule has 3 unspecified atom stereocenters. The SMILES string of the molecule is CNCc1noc(C2CC3CCC2C3)n1. The van der Waals surface area contributed by atoms with E-state index in [4.69, 9.17) is 4.52 Å². The lowest BCUT2D eigenvalue weighted by Crippen LogP contribution is -2.10. The molecule has 82 valence electrons. The van der Waals surface area contributed by atoms with Crippen LogP contribution >= 0.6 is 0 Å². The number of nitrogens with zero attached hydrogens (tertiary/aromatic N) is 2. The van der Waals surface area contributed by atoms with E-state index in [1.54, 1.807) is 0 Å². The minimum Gasteiger partial charge on any atom is -0.339 e.